The van der Waals surface area contributed by atoms with Gasteiger partial charge in [0, 0.05) is 11.6 Å². The smallest absolute Gasteiger partial charge is 0.251 e. The Labute approximate surface area is 150 Å². The van der Waals surface area contributed by atoms with Gasteiger partial charge in [0.2, 0.25) is 0 Å². The first-order chi connectivity index (χ1) is 12.7. The van der Waals surface area contributed by atoms with Crippen LogP contribution in [0.15, 0.2) is 36.9 Å². The van der Waals surface area contributed by atoms with Gasteiger partial charge in [-0.25, -0.2) is 15.0 Å². The van der Waals surface area contributed by atoms with E-state index >= 15 is 0 Å². The number of benzene rings is 1. The number of hydrogen-bond donors (Lipinski definition) is 2. The van der Waals surface area contributed by atoms with Gasteiger partial charge in [-0.3, -0.25) is 4.79 Å². The second-order valence-corrected chi connectivity index (χ2v) is 6.39. The number of nitrogens with two attached hydrogens (primary N) is 1. The van der Waals surface area contributed by atoms with Crippen LogP contribution in [-0.4, -0.2) is 38.6 Å². The van der Waals surface area contributed by atoms with Gasteiger partial charge in [0.25, 0.3) is 5.91 Å². The van der Waals surface area contributed by atoms with E-state index in [2.05, 4.69) is 20.3 Å². The summed E-state index contributed by atoms with van der Waals surface area (Å²) in [5.41, 5.74) is 7.75. The molecule has 4 rings (SSSR count). The van der Waals surface area contributed by atoms with Crippen LogP contribution in [0.25, 0.3) is 11.2 Å². The Kier molecular flexibility index (Phi) is 4.16. The summed E-state index contributed by atoms with van der Waals surface area (Å²) in [7, 11) is 1.59. The summed E-state index contributed by atoms with van der Waals surface area (Å²) in [6.45, 7) is 0. The topological polar surface area (TPSA) is 108 Å². The van der Waals surface area contributed by atoms with Crippen molar-refractivity contribution in [2.75, 3.05) is 12.8 Å². The Hall–Kier alpha value is -3.16. The molecule has 1 aliphatic rings. The third kappa shape index (κ3) is 2.83. The fourth-order valence-corrected chi connectivity index (χ4v) is 3.57. The molecule has 0 spiro atoms. The molecule has 134 valence electrons. The van der Waals surface area contributed by atoms with Gasteiger partial charge in [-0.1, -0.05) is 6.07 Å². The van der Waals surface area contributed by atoms with E-state index < -0.39 is 0 Å². The van der Waals surface area contributed by atoms with Gasteiger partial charge in [0.15, 0.2) is 11.5 Å². The van der Waals surface area contributed by atoms with Crippen molar-refractivity contribution in [2.45, 2.75) is 31.3 Å². The molecule has 2 atom stereocenters. The molecule has 3 N–H and O–H groups in total. The first kappa shape index (κ1) is 16.3. The highest BCUT2D eigenvalue weighted by molar-refractivity contribution is 5.94. The Morgan fingerprint density at radius 2 is 2.19 bits per heavy atom. The number of fused-ring (bicyclic) bond motifs is 1. The minimum absolute atomic E-state index is 0.00212. The number of hydrogen-bond acceptors (Lipinski definition) is 6. The van der Waals surface area contributed by atoms with Crippen LogP contribution in [0.5, 0.6) is 5.75 Å². The molecule has 1 aromatic carbocycles. The van der Waals surface area contributed by atoms with Crippen molar-refractivity contribution < 1.29 is 9.53 Å². The van der Waals surface area contributed by atoms with Crippen molar-refractivity contribution in [1.82, 2.24) is 24.8 Å². The third-order valence-electron chi connectivity index (χ3n) is 4.87. The van der Waals surface area contributed by atoms with E-state index in [9.17, 15) is 4.79 Å². The van der Waals surface area contributed by atoms with Crippen LogP contribution >= 0.6 is 0 Å². The van der Waals surface area contributed by atoms with Gasteiger partial charge in [0.1, 0.15) is 17.6 Å². The van der Waals surface area contributed by atoms with Crippen LogP contribution in [0, 0.1) is 0 Å². The highest BCUT2D eigenvalue weighted by atomic mass is 16.5. The Morgan fingerprint density at radius 1 is 1.31 bits per heavy atom. The number of amides is 1. The lowest BCUT2D eigenvalue weighted by molar-refractivity contribution is 0.0929. The standard InChI is InChI=1S/C18H20N6O2/c1-26-12-5-2-4-11(8-12)18(25)23-13-6-3-7-14(13)24-10-22-15-16(19)20-9-21-17(15)24/h2,4-5,8-10,13-14H,3,6-7H2,1H3,(H,23,25)(H2,19,20,21)/t13-,14-/m0/s1. The summed E-state index contributed by atoms with van der Waals surface area (Å²) in [5, 5.41) is 3.15. The second kappa shape index (κ2) is 6.62. The fourth-order valence-electron chi connectivity index (χ4n) is 3.57. The Morgan fingerprint density at radius 3 is 3.04 bits per heavy atom. The largest absolute Gasteiger partial charge is 0.497 e. The number of ether oxygens (including phenoxy) is 1. The zero-order valence-electron chi connectivity index (χ0n) is 14.4. The maximum atomic E-state index is 12.7. The lowest BCUT2D eigenvalue weighted by Crippen LogP contribution is -2.38. The summed E-state index contributed by atoms with van der Waals surface area (Å²) in [6.07, 6.45) is 6.04. The van der Waals surface area contributed by atoms with Crippen LogP contribution in [0.1, 0.15) is 35.7 Å². The van der Waals surface area contributed by atoms with E-state index in [0.29, 0.717) is 28.3 Å². The summed E-state index contributed by atoms with van der Waals surface area (Å²) in [5.74, 6) is 0.913. The summed E-state index contributed by atoms with van der Waals surface area (Å²) in [6, 6.07) is 7.23. The zero-order valence-corrected chi connectivity index (χ0v) is 14.4. The maximum Gasteiger partial charge on any atom is 0.251 e. The summed E-state index contributed by atoms with van der Waals surface area (Å²) < 4.78 is 7.19. The quantitative estimate of drug-likeness (QED) is 0.743. The average Bonchev–Trinajstić information content (AvgIpc) is 3.29. The molecule has 3 aromatic rings. The number of nitrogen functional groups attached to an aromatic ring is 1. The van der Waals surface area contributed by atoms with E-state index in [0.717, 1.165) is 19.3 Å². The van der Waals surface area contributed by atoms with E-state index in [4.69, 9.17) is 10.5 Å². The lowest BCUT2D eigenvalue weighted by Gasteiger charge is -2.22. The molecule has 0 unspecified atom stereocenters. The molecule has 1 saturated carbocycles. The number of carbonyl (C=O) groups is 1. The van der Waals surface area contributed by atoms with Crippen molar-refractivity contribution in [3.05, 3.63) is 42.5 Å². The lowest BCUT2D eigenvalue weighted by atomic mass is 10.1. The van der Waals surface area contributed by atoms with Gasteiger partial charge in [-0.05, 0) is 37.5 Å². The van der Waals surface area contributed by atoms with Crippen LogP contribution in [-0.2, 0) is 0 Å². The summed E-state index contributed by atoms with van der Waals surface area (Å²) in [4.78, 5) is 25.3. The highest BCUT2D eigenvalue weighted by Crippen LogP contribution is 2.33. The van der Waals surface area contributed by atoms with Crippen molar-refractivity contribution in [3.8, 4) is 5.75 Å². The molecule has 8 heteroatoms. The molecule has 0 bridgehead atoms. The predicted octanol–water partition coefficient (Wildman–Crippen LogP) is 1.94. The first-order valence-corrected chi connectivity index (χ1v) is 8.55. The number of aromatic nitrogens is 4. The molecule has 2 aromatic heterocycles. The van der Waals surface area contributed by atoms with E-state index in [-0.39, 0.29) is 18.0 Å². The van der Waals surface area contributed by atoms with E-state index in [1.165, 1.54) is 6.33 Å². The first-order valence-electron chi connectivity index (χ1n) is 8.55. The number of methoxy groups -OCH3 is 1. The van der Waals surface area contributed by atoms with Gasteiger partial charge in [-0.2, -0.15) is 0 Å². The molecule has 1 aliphatic carbocycles. The van der Waals surface area contributed by atoms with Gasteiger partial charge in [0.05, 0.1) is 19.5 Å². The number of nitrogens with zero attached hydrogens (tertiary/aromatic N) is 4. The number of rotatable bonds is 4. The second-order valence-electron chi connectivity index (χ2n) is 6.39. The van der Waals surface area contributed by atoms with Crippen LogP contribution in [0.4, 0.5) is 5.82 Å². The van der Waals surface area contributed by atoms with Gasteiger partial charge >= 0.3 is 0 Å². The predicted molar refractivity (Wildman–Crippen MR) is 96.9 cm³/mol. The zero-order chi connectivity index (χ0) is 18.1. The van der Waals surface area contributed by atoms with Crippen molar-refractivity contribution >= 4 is 22.9 Å². The number of nitrogens with one attached hydrogen (secondary N) is 1. The fraction of sp³-hybridized carbons (Fsp3) is 0.333. The van der Waals surface area contributed by atoms with Crippen molar-refractivity contribution in [2.24, 2.45) is 0 Å². The maximum absolute atomic E-state index is 12.7. The molecule has 8 nitrogen and oxygen atoms in total. The minimum atomic E-state index is -0.112. The van der Waals surface area contributed by atoms with E-state index in [1.807, 2.05) is 16.7 Å². The van der Waals surface area contributed by atoms with Crippen LogP contribution in [0.3, 0.4) is 0 Å². The van der Waals surface area contributed by atoms with Gasteiger partial charge in [-0.15, -0.1) is 0 Å². The third-order valence-corrected chi connectivity index (χ3v) is 4.87. The van der Waals surface area contributed by atoms with Crippen molar-refractivity contribution in [1.29, 1.82) is 0 Å². The molecule has 0 aliphatic heterocycles. The normalized spacial score (nSPS) is 19.6. The molecular formula is C18H20N6O2. The molecule has 1 amide bonds. The molecule has 0 saturated heterocycles. The molecule has 2 heterocycles. The molecule has 0 radical (unpaired) electrons. The SMILES string of the molecule is COc1cccc(C(=O)N[C@H]2CCC[C@@H]2n2cnc3c(N)ncnc32)c1. The monoisotopic (exact) mass is 352 g/mol. The van der Waals surface area contributed by atoms with Gasteiger partial charge < -0.3 is 20.4 Å². The number of anilines is 1. The van der Waals surface area contributed by atoms with Crippen molar-refractivity contribution in [3.63, 3.8) is 0 Å². The average molecular weight is 352 g/mol. The summed E-state index contributed by atoms with van der Waals surface area (Å²) >= 11 is 0. The number of carbonyl (C=O) groups excluding carboxylic acids is 1. The Bertz CT molecular complexity index is 954. The molecular weight excluding hydrogens is 332 g/mol. The molecule has 26 heavy (non-hydrogen) atoms. The van der Waals surface area contributed by atoms with E-state index in [1.54, 1.807) is 25.6 Å². The van der Waals surface area contributed by atoms with Crippen LogP contribution in [0.2, 0.25) is 0 Å². The van der Waals surface area contributed by atoms with Crippen LogP contribution < -0.4 is 15.8 Å². The number of imidazole rings is 1. The minimum Gasteiger partial charge on any atom is -0.497 e. The Balaban J connectivity index is 1.58. The molecule has 1 fully saturated rings. The highest BCUT2D eigenvalue weighted by Gasteiger charge is 2.31.